The van der Waals surface area contributed by atoms with Crippen molar-refractivity contribution in [3.05, 3.63) is 73.1 Å². The van der Waals surface area contributed by atoms with Crippen LogP contribution in [0, 0.1) is 0 Å². The molecule has 0 radical (unpaired) electrons. The van der Waals surface area contributed by atoms with E-state index in [1.165, 1.54) is 5.39 Å². The third-order valence-electron chi connectivity index (χ3n) is 4.45. The molecule has 1 atom stereocenters. The van der Waals surface area contributed by atoms with Crippen LogP contribution in [0.1, 0.15) is 0 Å². The minimum Gasteiger partial charge on any atom is -0.491 e. The normalized spacial score (nSPS) is 12.6. The molecule has 25 heavy (non-hydrogen) atoms. The zero-order valence-corrected chi connectivity index (χ0v) is 14.2. The lowest BCUT2D eigenvalue weighted by Crippen LogP contribution is -2.27. The number of aryl methyl sites for hydroxylation is 1. The average Bonchev–Trinajstić information content (AvgIpc) is 2.96. The molecular formula is C21H21N2O2+. The molecule has 0 aliphatic rings. The molecule has 3 aromatic carbocycles. The van der Waals surface area contributed by atoms with Crippen LogP contribution in [0.4, 0.5) is 0 Å². The van der Waals surface area contributed by atoms with E-state index in [1.807, 2.05) is 55.8 Å². The lowest BCUT2D eigenvalue weighted by Gasteiger charge is -2.11. The molecule has 0 bridgehead atoms. The van der Waals surface area contributed by atoms with Crippen LogP contribution in [0.2, 0.25) is 0 Å². The second-order valence-electron chi connectivity index (χ2n) is 6.34. The highest BCUT2D eigenvalue weighted by molar-refractivity contribution is 5.83. The molecule has 4 heteroatoms. The van der Waals surface area contributed by atoms with Crippen LogP contribution in [-0.4, -0.2) is 22.4 Å². The molecule has 0 aliphatic carbocycles. The van der Waals surface area contributed by atoms with Gasteiger partial charge < -0.3 is 9.84 Å². The summed E-state index contributed by atoms with van der Waals surface area (Å²) in [6, 6.07) is 22.3. The van der Waals surface area contributed by atoms with E-state index in [-0.39, 0.29) is 6.61 Å². The number of fused-ring (bicyclic) bond motifs is 2. The summed E-state index contributed by atoms with van der Waals surface area (Å²) in [6.45, 7) is 0.753. The number of para-hydroxylation sites is 2. The summed E-state index contributed by atoms with van der Waals surface area (Å²) < 4.78 is 9.92. The molecule has 0 fully saturated rings. The number of benzene rings is 3. The first-order chi connectivity index (χ1) is 12.2. The zero-order valence-electron chi connectivity index (χ0n) is 14.2. The van der Waals surface area contributed by atoms with Crippen molar-refractivity contribution in [3.63, 3.8) is 0 Å². The van der Waals surface area contributed by atoms with Crippen LogP contribution < -0.4 is 9.30 Å². The fourth-order valence-corrected chi connectivity index (χ4v) is 3.21. The molecule has 1 heterocycles. The standard InChI is InChI=1S/C21H21N2O2/c1-22-15-23(21-9-5-4-8-20(21)22)13-18(24)14-25-19-11-10-16-6-2-3-7-17(16)12-19/h2-12,15,18,24H,13-14H2,1H3/q+1/t18-/m0/s1. The number of rotatable bonds is 5. The number of imidazole rings is 1. The van der Waals surface area contributed by atoms with Gasteiger partial charge in [-0.05, 0) is 35.0 Å². The first-order valence-corrected chi connectivity index (χ1v) is 8.44. The largest absolute Gasteiger partial charge is 0.491 e. The van der Waals surface area contributed by atoms with E-state index in [9.17, 15) is 5.11 Å². The Morgan fingerprint density at radius 2 is 1.76 bits per heavy atom. The molecule has 0 unspecified atom stereocenters. The van der Waals surface area contributed by atoms with Gasteiger partial charge in [0.25, 0.3) is 0 Å². The molecule has 4 aromatic rings. The number of ether oxygens (including phenoxy) is 1. The Balaban J connectivity index is 1.45. The Labute approximate surface area is 146 Å². The van der Waals surface area contributed by atoms with Gasteiger partial charge in [0.15, 0.2) is 11.0 Å². The van der Waals surface area contributed by atoms with E-state index < -0.39 is 6.10 Å². The van der Waals surface area contributed by atoms with Crippen LogP contribution in [0.25, 0.3) is 21.8 Å². The molecule has 0 amide bonds. The highest BCUT2D eigenvalue weighted by Gasteiger charge is 2.16. The topological polar surface area (TPSA) is 38.3 Å². The van der Waals surface area contributed by atoms with E-state index in [0.717, 1.165) is 22.2 Å². The Morgan fingerprint density at radius 3 is 2.64 bits per heavy atom. The average molecular weight is 333 g/mol. The molecule has 1 N–H and O–H groups in total. The summed E-state index contributed by atoms with van der Waals surface area (Å²) in [5.74, 6) is 0.778. The highest BCUT2D eigenvalue weighted by atomic mass is 16.5. The van der Waals surface area contributed by atoms with Gasteiger partial charge in [-0.1, -0.05) is 42.5 Å². The van der Waals surface area contributed by atoms with Crippen molar-refractivity contribution >= 4 is 21.8 Å². The Morgan fingerprint density at radius 1 is 1.00 bits per heavy atom. The number of nitrogens with zero attached hydrogens (tertiary/aromatic N) is 2. The minimum atomic E-state index is -0.581. The van der Waals surface area contributed by atoms with Gasteiger partial charge in [-0.25, -0.2) is 9.13 Å². The second-order valence-corrected chi connectivity index (χ2v) is 6.34. The molecule has 126 valence electrons. The fourth-order valence-electron chi connectivity index (χ4n) is 3.21. The van der Waals surface area contributed by atoms with Crippen molar-refractivity contribution in [2.45, 2.75) is 12.6 Å². The third kappa shape index (κ3) is 3.21. The van der Waals surface area contributed by atoms with Crippen molar-refractivity contribution < 1.29 is 14.4 Å². The van der Waals surface area contributed by atoms with Crippen LogP contribution in [0.5, 0.6) is 5.75 Å². The van der Waals surface area contributed by atoms with E-state index in [1.54, 1.807) is 0 Å². The van der Waals surface area contributed by atoms with Gasteiger partial charge in [0.2, 0.25) is 6.33 Å². The van der Waals surface area contributed by atoms with Crippen molar-refractivity contribution in [1.82, 2.24) is 4.57 Å². The summed E-state index contributed by atoms with van der Waals surface area (Å²) in [5.41, 5.74) is 2.25. The van der Waals surface area contributed by atoms with Gasteiger partial charge in [-0.3, -0.25) is 0 Å². The van der Waals surface area contributed by atoms with E-state index in [0.29, 0.717) is 6.54 Å². The maximum absolute atomic E-state index is 10.4. The highest BCUT2D eigenvalue weighted by Crippen LogP contribution is 2.20. The maximum Gasteiger partial charge on any atom is 0.244 e. The predicted molar refractivity (Wildman–Crippen MR) is 98.6 cm³/mol. The van der Waals surface area contributed by atoms with Crippen LogP contribution in [0.15, 0.2) is 73.1 Å². The van der Waals surface area contributed by atoms with Crippen LogP contribution in [0.3, 0.4) is 0 Å². The number of hydrogen-bond donors (Lipinski definition) is 1. The molecule has 4 rings (SSSR count). The number of aliphatic hydroxyl groups excluding tert-OH is 1. The smallest absolute Gasteiger partial charge is 0.244 e. The first kappa shape index (κ1) is 15.7. The molecule has 0 saturated carbocycles. The minimum absolute atomic E-state index is 0.258. The first-order valence-electron chi connectivity index (χ1n) is 8.44. The Kier molecular flexibility index (Phi) is 4.12. The van der Waals surface area contributed by atoms with Gasteiger partial charge in [-0.15, -0.1) is 0 Å². The van der Waals surface area contributed by atoms with Crippen LogP contribution >= 0.6 is 0 Å². The SMILES string of the molecule is C[n+]1cn(C[C@H](O)COc2ccc3ccccc3c2)c2ccccc21. The van der Waals surface area contributed by atoms with E-state index in [4.69, 9.17) is 4.74 Å². The summed E-state index contributed by atoms with van der Waals surface area (Å²) in [5, 5.41) is 12.7. The van der Waals surface area contributed by atoms with Crippen LogP contribution in [-0.2, 0) is 13.6 Å². The fraction of sp³-hybridized carbons (Fsp3) is 0.190. The summed E-state index contributed by atoms with van der Waals surface area (Å²) in [7, 11) is 2.01. The zero-order chi connectivity index (χ0) is 17.2. The molecule has 0 spiro atoms. The molecular weight excluding hydrogens is 312 g/mol. The van der Waals surface area contributed by atoms with Crippen molar-refractivity contribution in [2.24, 2.45) is 7.05 Å². The predicted octanol–water partition coefficient (Wildman–Crippen LogP) is 3.06. The summed E-state index contributed by atoms with van der Waals surface area (Å²) in [6.07, 6.45) is 1.42. The monoisotopic (exact) mass is 333 g/mol. The molecule has 4 nitrogen and oxygen atoms in total. The maximum atomic E-state index is 10.4. The van der Waals surface area contributed by atoms with Gasteiger partial charge in [0.1, 0.15) is 25.0 Å². The number of aliphatic hydroxyl groups is 1. The quantitative estimate of drug-likeness (QED) is 0.570. The molecule has 0 aliphatic heterocycles. The van der Waals surface area contributed by atoms with Gasteiger partial charge in [0, 0.05) is 0 Å². The second kappa shape index (κ2) is 6.57. The molecule has 1 aromatic heterocycles. The molecule has 0 saturated heterocycles. The van der Waals surface area contributed by atoms with Gasteiger partial charge in [-0.2, -0.15) is 0 Å². The number of hydrogen-bond acceptors (Lipinski definition) is 2. The lowest BCUT2D eigenvalue weighted by molar-refractivity contribution is -0.645. The summed E-state index contributed by atoms with van der Waals surface area (Å²) in [4.78, 5) is 0. The third-order valence-corrected chi connectivity index (χ3v) is 4.45. The van der Waals surface area contributed by atoms with Crippen molar-refractivity contribution in [2.75, 3.05) is 6.61 Å². The Hall–Kier alpha value is -2.85. The van der Waals surface area contributed by atoms with Crippen molar-refractivity contribution in [1.29, 1.82) is 0 Å². The van der Waals surface area contributed by atoms with Gasteiger partial charge in [0.05, 0.1) is 7.05 Å². The van der Waals surface area contributed by atoms with E-state index in [2.05, 4.69) is 33.4 Å². The Bertz CT molecular complexity index is 1020. The lowest BCUT2D eigenvalue weighted by atomic mass is 10.1. The van der Waals surface area contributed by atoms with E-state index >= 15 is 0 Å². The number of aromatic nitrogens is 2. The summed E-state index contributed by atoms with van der Waals surface area (Å²) >= 11 is 0. The van der Waals surface area contributed by atoms with Crippen molar-refractivity contribution in [3.8, 4) is 5.75 Å². The van der Waals surface area contributed by atoms with Gasteiger partial charge >= 0.3 is 0 Å².